The SMILES string of the molecule is CCOC(=O)C1CSCCN1C(=O)CN(C)S(=O)(=O)c1ccc(Br)cc1. The van der Waals surface area contributed by atoms with E-state index in [2.05, 4.69) is 15.9 Å². The maximum atomic E-state index is 12.7. The monoisotopic (exact) mass is 464 g/mol. The minimum Gasteiger partial charge on any atom is -0.464 e. The lowest BCUT2D eigenvalue weighted by molar-refractivity contribution is -0.153. The molecular formula is C16H21BrN2O5S2. The van der Waals surface area contributed by atoms with E-state index in [0.29, 0.717) is 18.1 Å². The van der Waals surface area contributed by atoms with Gasteiger partial charge in [-0.25, -0.2) is 13.2 Å². The normalized spacial score (nSPS) is 18.0. The summed E-state index contributed by atoms with van der Waals surface area (Å²) in [6.45, 7) is 2.00. The molecule has 0 bridgehead atoms. The van der Waals surface area contributed by atoms with Gasteiger partial charge in [-0.05, 0) is 31.2 Å². The lowest BCUT2D eigenvalue weighted by Gasteiger charge is -2.34. The van der Waals surface area contributed by atoms with E-state index >= 15 is 0 Å². The third-order valence-corrected chi connectivity index (χ3v) is 7.26. The number of ether oxygens (including phenoxy) is 1. The lowest BCUT2D eigenvalue weighted by Crippen LogP contribution is -2.53. The highest BCUT2D eigenvalue weighted by atomic mass is 79.9. The zero-order valence-electron chi connectivity index (χ0n) is 14.6. The number of nitrogens with zero attached hydrogens (tertiary/aromatic N) is 2. The van der Waals surface area contributed by atoms with Gasteiger partial charge in [0, 0.05) is 29.6 Å². The second-order valence-corrected chi connectivity index (χ2v) is 9.76. The van der Waals surface area contributed by atoms with Crippen LogP contribution in [0.4, 0.5) is 0 Å². The molecule has 26 heavy (non-hydrogen) atoms. The van der Waals surface area contributed by atoms with Crippen LogP contribution in [-0.2, 0) is 24.3 Å². The van der Waals surface area contributed by atoms with Crippen LogP contribution < -0.4 is 0 Å². The van der Waals surface area contributed by atoms with Crippen LogP contribution in [0.15, 0.2) is 33.6 Å². The summed E-state index contributed by atoms with van der Waals surface area (Å²) in [6.07, 6.45) is 0. The van der Waals surface area contributed by atoms with Crippen molar-refractivity contribution in [2.24, 2.45) is 0 Å². The summed E-state index contributed by atoms with van der Waals surface area (Å²) in [5.41, 5.74) is 0. The fourth-order valence-corrected chi connectivity index (χ4v) is 4.91. The maximum Gasteiger partial charge on any atom is 0.329 e. The molecule has 0 N–H and O–H groups in total. The number of thioether (sulfide) groups is 1. The van der Waals surface area contributed by atoms with E-state index in [1.54, 1.807) is 30.8 Å². The van der Waals surface area contributed by atoms with Gasteiger partial charge in [-0.1, -0.05) is 15.9 Å². The summed E-state index contributed by atoms with van der Waals surface area (Å²) in [7, 11) is -2.44. The average Bonchev–Trinajstić information content (AvgIpc) is 2.62. The van der Waals surface area contributed by atoms with E-state index in [4.69, 9.17) is 4.74 Å². The second kappa shape index (κ2) is 9.20. The molecule has 1 unspecified atom stereocenters. The van der Waals surface area contributed by atoms with Crippen molar-refractivity contribution in [3.8, 4) is 0 Å². The standard InChI is InChI=1S/C16H21BrN2O5S2/c1-3-24-16(21)14-11-25-9-8-19(14)15(20)10-18(2)26(22,23)13-6-4-12(17)5-7-13/h4-7,14H,3,8-11H2,1-2H3. The Kier molecular flexibility index (Phi) is 7.51. The number of carbonyl (C=O) groups is 2. The van der Waals surface area contributed by atoms with E-state index < -0.39 is 27.9 Å². The summed E-state index contributed by atoms with van der Waals surface area (Å²) in [6, 6.07) is 5.52. The second-order valence-electron chi connectivity index (χ2n) is 5.64. The van der Waals surface area contributed by atoms with Gasteiger partial charge in [0.15, 0.2) is 0 Å². The van der Waals surface area contributed by atoms with Gasteiger partial charge in [0.2, 0.25) is 15.9 Å². The van der Waals surface area contributed by atoms with Crippen LogP contribution >= 0.6 is 27.7 Å². The topological polar surface area (TPSA) is 84.0 Å². The Morgan fingerprint density at radius 2 is 2.00 bits per heavy atom. The highest BCUT2D eigenvalue weighted by molar-refractivity contribution is 9.10. The van der Waals surface area contributed by atoms with E-state index in [1.165, 1.54) is 24.1 Å². The first-order valence-electron chi connectivity index (χ1n) is 8.03. The van der Waals surface area contributed by atoms with Crippen LogP contribution in [0.5, 0.6) is 0 Å². The summed E-state index contributed by atoms with van der Waals surface area (Å²) < 4.78 is 32.0. The third-order valence-electron chi connectivity index (χ3n) is 3.89. The van der Waals surface area contributed by atoms with Crippen molar-refractivity contribution in [1.82, 2.24) is 9.21 Å². The maximum absolute atomic E-state index is 12.7. The molecule has 1 aromatic rings. The summed E-state index contributed by atoms with van der Waals surface area (Å²) in [4.78, 5) is 26.3. The lowest BCUT2D eigenvalue weighted by atomic mass is 10.2. The first-order valence-corrected chi connectivity index (χ1v) is 11.4. The number of halogens is 1. The van der Waals surface area contributed by atoms with Crippen LogP contribution in [0.2, 0.25) is 0 Å². The van der Waals surface area contributed by atoms with Crippen LogP contribution in [0, 0.1) is 0 Å². The van der Waals surface area contributed by atoms with Crippen molar-refractivity contribution in [3.05, 3.63) is 28.7 Å². The first kappa shape index (κ1) is 21.2. The zero-order chi connectivity index (χ0) is 19.3. The molecule has 1 fully saturated rings. The number of hydrogen-bond acceptors (Lipinski definition) is 6. The van der Waals surface area contributed by atoms with E-state index in [0.717, 1.165) is 8.78 Å². The molecule has 10 heteroatoms. The molecule has 1 atom stereocenters. The Bertz CT molecular complexity index is 754. The minimum atomic E-state index is -3.79. The Balaban J connectivity index is 2.11. The number of rotatable bonds is 6. The molecule has 0 aromatic heterocycles. The van der Waals surface area contributed by atoms with Gasteiger partial charge in [0.1, 0.15) is 6.04 Å². The van der Waals surface area contributed by atoms with Crippen molar-refractivity contribution in [2.75, 3.05) is 38.2 Å². The van der Waals surface area contributed by atoms with Gasteiger partial charge >= 0.3 is 5.97 Å². The molecule has 2 rings (SSSR count). The summed E-state index contributed by atoms with van der Waals surface area (Å²) in [5, 5.41) is 0. The van der Waals surface area contributed by atoms with Crippen LogP contribution in [0.3, 0.4) is 0 Å². The molecule has 0 radical (unpaired) electrons. The van der Waals surface area contributed by atoms with Crippen LogP contribution in [-0.4, -0.2) is 73.8 Å². The molecular weight excluding hydrogens is 444 g/mol. The predicted octanol–water partition coefficient (Wildman–Crippen LogP) is 1.58. The van der Waals surface area contributed by atoms with Crippen molar-refractivity contribution in [1.29, 1.82) is 0 Å². The van der Waals surface area contributed by atoms with Crippen molar-refractivity contribution in [2.45, 2.75) is 17.9 Å². The molecule has 1 aliphatic heterocycles. The van der Waals surface area contributed by atoms with Crippen LogP contribution in [0.25, 0.3) is 0 Å². The number of hydrogen-bond donors (Lipinski definition) is 0. The zero-order valence-corrected chi connectivity index (χ0v) is 17.8. The van der Waals surface area contributed by atoms with Crippen molar-refractivity contribution >= 4 is 49.6 Å². The Labute approximate surface area is 166 Å². The molecule has 144 valence electrons. The number of sulfonamides is 1. The number of benzene rings is 1. The third kappa shape index (κ3) is 4.99. The summed E-state index contributed by atoms with van der Waals surface area (Å²) >= 11 is 4.83. The van der Waals surface area contributed by atoms with Crippen molar-refractivity contribution in [3.63, 3.8) is 0 Å². The van der Waals surface area contributed by atoms with Gasteiger partial charge in [0.05, 0.1) is 18.0 Å². The van der Waals surface area contributed by atoms with E-state index in [-0.39, 0.29) is 18.0 Å². The Morgan fingerprint density at radius 1 is 1.35 bits per heavy atom. The quantitative estimate of drug-likeness (QED) is 0.594. The van der Waals surface area contributed by atoms with Gasteiger partial charge in [-0.2, -0.15) is 16.1 Å². The molecule has 1 aliphatic rings. The van der Waals surface area contributed by atoms with Gasteiger partial charge in [0.25, 0.3) is 0 Å². The van der Waals surface area contributed by atoms with Gasteiger partial charge in [-0.15, -0.1) is 0 Å². The minimum absolute atomic E-state index is 0.104. The molecule has 0 spiro atoms. The number of likely N-dealkylation sites (N-methyl/N-ethyl adjacent to an activating group) is 1. The fourth-order valence-electron chi connectivity index (χ4n) is 2.49. The highest BCUT2D eigenvalue weighted by Crippen LogP contribution is 2.20. The largest absolute Gasteiger partial charge is 0.464 e. The smallest absolute Gasteiger partial charge is 0.329 e. The number of esters is 1. The average molecular weight is 465 g/mol. The molecule has 1 amide bonds. The summed E-state index contributed by atoms with van der Waals surface area (Å²) in [5.74, 6) is 0.288. The fraction of sp³-hybridized carbons (Fsp3) is 0.500. The molecule has 1 heterocycles. The molecule has 1 aromatic carbocycles. The van der Waals surface area contributed by atoms with Gasteiger partial charge < -0.3 is 9.64 Å². The molecule has 0 saturated carbocycles. The number of carbonyl (C=O) groups excluding carboxylic acids is 2. The van der Waals surface area contributed by atoms with Gasteiger partial charge in [-0.3, -0.25) is 4.79 Å². The predicted molar refractivity (Wildman–Crippen MR) is 103 cm³/mol. The highest BCUT2D eigenvalue weighted by Gasteiger charge is 2.35. The first-order chi connectivity index (χ1) is 12.3. The van der Waals surface area contributed by atoms with E-state index in [9.17, 15) is 18.0 Å². The molecule has 0 aliphatic carbocycles. The number of amides is 1. The van der Waals surface area contributed by atoms with Crippen molar-refractivity contribution < 1.29 is 22.7 Å². The Morgan fingerprint density at radius 3 is 2.62 bits per heavy atom. The van der Waals surface area contributed by atoms with E-state index in [1.807, 2.05) is 0 Å². The Hall–Kier alpha value is -1.10. The molecule has 1 saturated heterocycles. The molecule has 7 nitrogen and oxygen atoms in total. The van der Waals surface area contributed by atoms with Crippen LogP contribution in [0.1, 0.15) is 6.92 Å².